The quantitative estimate of drug-likeness (QED) is 0.211. The summed E-state index contributed by atoms with van der Waals surface area (Å²) in [7, 11) is 0. The van der Waals surface area contributed by atoms with Crippen LogP contribution in [0.2, 0.25) is 0 Å². The van der Waals surface area contributed by atoms with Gasteiger partial charge in [0.1, 0.15) is 17.4 Å². The van der Waals surface area contributed by atoms with Crippen molar-refractivity contribution in [3.05, 3.63) is 41.1 Å². The van der Waals surface area contributed by atoms with Gasteiger partial charge < -0.3 is 10.1 Å². The molecule has 5 nitrogen and oxygen atoms in total. The zero-order chi connectivity index (χ0) is 23.6. The van der Waals surface area contributed by atoms with Gasteiger partial charge in [-0.2, -0.15) is 10.4 Å². The minimum absolute atomic E-state index is 0.566. The molecule has 0 aliphatic carbocycles. The molecule has 0 aliphatic rings. The van der Waals surface area contributed by atoms with Gasteiger partial charge in [0.25, 0.3) is 0 Å². The number of hydrogen-bond acceptors (Lipinski definition) is 4. The highest BCUT2D eigenvalue weighted by Crippen LogP contribution is 2.21. The van der Waals surface area contributed by atoms with E-state index in [-0.39, 0.29) is 0 Å². The first-order valence-electron chi connectivity index (χ1n) is 13.2. The summed E-state index contributed by atoms with van der Waals surface area (Å²) in [5, 5.41) is 19.6. The van der Waals surface area contributed by atoms with Gasteiger partial charge in [0.05, 0.1) is 12.3 Å². The molecule has 0 aliphatic heterocycles. The third-order valence-corrected chi connectivity index (χ3v) is 6.23. The number of unbranched alkanes of at least 4 members (excludes halogenated alkanes) is 13. The second kappa shape index (κ2) is 17.1. The van der Waals surface area contributed by atoms with Crippen molar-refractivity contribution >= 4 is 5.82 Å². The third kappa shape index (κ3) is 10.8. The fourth-order valence-electron chi connectivity index (χ4n) is 4.14. The van der Waals surface area contributed by atoms with Gasteiger partial charge in [0.15, 0.2) is 5.82 Å². The fourth-order valence-corrected chi connectivity index (χ4v) is 4.14. The van der Waals surface area contributed by atoms with Gasteiger partial charge in [0.2, 0.25) is 0 Å². The number of aryl methyl sites for hydroxylation is 1. The van der Waals surface area contributed by atoms with Gasteiger partial charge in [-0.3, -0.25) is 5.10 Å². The number of benzene rings is 1. The topological polar surface area (TPSA) is 73.7 Å². The van der Waals surface area contributed by atoms with E-state index in [1.807, 2.05) is 25.1 Å². The van der Waals surface area contributed by atoms with Gasteiger partial charge in [-0.05, 0) is 19.4 Å². The summed E-state index contributed by atoms with van der Waals surface area (Å²) in [5.41, 5.74) is 2.42. The van der Waals surface area contributed by atoms with Crippen molar-refractivity contribution in [1.82, 2.24) is 10.2 Å². The SMILES string of the molecule is CCCCCCCCCCCCCCCCOc1ccccc1CNc1n[nH]c(C)c1C#N. The molecule has 0 amide bonds. The molecule has 0 saturated heterocycles. The average Bonchev–Trinajstić information content (AvgIpc) is 3.20. The summed E-state index contributed by atoms with van der Waals surface area (Å²) in [6.45, 7) is 5.46. The Morgan fingerprint density at radius 1 is 0.879 bits per heavy atom. The average molecular weight is 453 g/mol. The summed E-state index contributed by atoms with van der Waals surface area (Å²) in [5.74, 6) is 1.50. The summed E-state index contributed by atoms with van der Waals surface area (Å²) >= 11 is 0. The van der Waals surface area contributed by atoms with Crippen molar-refractivity contribution in [2.75, 3.05) is 11.9 Å². The molecule has 5 heteroatoms. The maximum absolute atomic E-state index is 9.27. The predicted molar refractivity (Wildman–Crippen MR) is 138 cm³/mol. The van der Waals surface area contributed by atoms with Crippen molar-refractivity contribution in [2.24, 2.45) is 0 Å². The van der Waals surface area contributed by atoms with Gasteiger partial charge in [-0.15, -0.1) is 0 Å². The minimum Gasteiger partial charge on any atom is -0.493 e. The Morgan fingerprint density at radius 3 is 2.06 bits per heavy atom. The Morgan fingerprint density at radius 2 is 1.45 bits per heavy atom. The van der Waals surface area contributed by atoms with Gasteiger partial charge in [-0.25, -0.2) is 0 Å². The largest absolute Gasteiger partial charge is 0.493 e. The lowest BCUT2D eigenvalue weighted by molar-refractivity contribution is 0.301. The summed E-state index contributed by atoms with van der Waals surface area (Å²) < 4.78 is 6.06. The normalized spacial score (nSPS) is 10.8. The number of nitriles is 1. The Kier molecular flexibility index (Phi) is 13.8. The van der Waals surface area contributed by atoms with Gasteiger partial charge in [0, 0.05) is 12.1 Å². The number of nitrogens with zero attached hydrogens (tertiary/aromatic N) is 2. The molecule has 0 radical (unpaired) electrons. The molecule has 0 atom stereocenters. The van der Waals surface area contributed by atoms with E-state index in [0.29, 0.717) is 17.9 Å². The van der Waals surface area contributed by atoms with Crippen LogP contribution in [0.3, 0.4) is 0 Å². The summed E-state index contributed by atoms with van der Waals surface area (Å²) in [4.78, 5) is 0. The van der Waals surface area contributed by atoms with Crippen molar-refractivity contribution in [2.45, 2.75) is 110 Å². The van der Waals surface area contributed by atoms with Crippen LogP contribution in [0.1, 0.15) is 114 Å². The van der Waals surface area contributed by atoms with Crippen LogP contribution in [0.25, 0.3) is 0 Å². The van der Waals surface area contributed by atoms with E-state index in [1.54, 1.807) is 0 Å². The molecule has 0 bridgehead atoms. The Labute approximate surface area is 201 Å². The van der Waals surface area contributed by atoms with Crippen LogP contribution in [0.15, 0.2) is 24.3 Å². The smallest absolute Gasteiger partial charge is 0.166 e. The lowest BCUT2D eigenvalue weighted by Crippen LogP contribution is -2.05. The molecule has 182 valence electrons. The van der Waals surface area contributed by atoms with Crippen LogP contribution in [-0.2, 0) is 6.54 Å². The molecule has 2 rings (SSSR count). The molecule has 1 heterocycles. The van der Waals surface area contributed by atoms with E-state index < -0.39 is 0 Å². The van der Waals surface area contributed by atoms with E-state index in [0.717, 1.165) is 30.0 Å². The highest BCUT2D eigenvalue weighted by molar-refractivity contribution is 5.54. The van der Waals surface area contributed by atoms with Crippen molar-refractivity contribution in [3.8, 4) is 11.8 Å². The second-order valence-corrected chi connectivity index (χ2v) is 9.09. The highest BCUT2D eigenvalue weighted by atomic mass is 16.5. The maximum atomic E-state index is 9.27. The lowest BCUT2D eigenvalue weighted by atomic mass is 10.0. The van der Waals surface area contributed by atoms with Gasteiger partial charge in [-0.1, -0.05) is 109 Å². The molecule has 0 saturated carbocycles. The molecule has 1 aromatic carbocycles. The summed E-state index contributed by atoms with van der Waals surface area (Å²) in [6.07, 6.45) is 19.1. The fraction of sp³-hybridized carbons (Fsp3) is 0.643. The molecule has 0 unspecified atom stereocenters. The second-order valence-electron chi connectivity index (χ2n) is 9.09. The third-order valence-electron chi connectivity index (χ3n) is 6.23. The molecule has 2 aromatic rings. The molecular weight excluding hydrogens is 408 g/mol. The molecule has 1 aromatic heterocycles. The number of H-pyrrole nitrogens is 1. The first-order valence-corrected chi connectivity index (χ1v) is 13.2. The zero-order valence-corrected chi connectivity index (χ0v) is 20.9. The summed E-state index contributed by atoms with van der Waals surface area (Å²) in [6, 6.07) is 10.3. The number of rotatable bonds is 19. The predicted octanol–water partition coefficient (Wildman–Crippen LogP) is 8.06. The molecule has 0 fully saturated rings. The highest BCUT2D eigenvalue weighted by Gasteiger charge is 2.10. The molecule has 0 spiro atoms. The first-order chi connectivity index (χ1) is 16.3. The van der Waals surface area contributed by atoms with Crippen LogP contribution in [0.5, 0.6) is 5.75 Å². The minimum atomic E-state index is 0.566. The van der Waals surface area contributed by atoms with E-state index in [4.69, 9.17) is 4.74 Å². The molecule has 33 heavy (non-hydrogen) atoms. The Balaban J connectivity index is 1.51. The number of para-hydroxylation sites is 1. The van der Waals surface area contributed by atoms with Crippen molar-refractivity contribution < 1.29 is 4.74 Å². The Hall–Kier alpha value is -2.48. The van der Waals surface area contributed by atoms with Crippen LogP contribution in [-0.4, -0.2) is 16.8 Å². The van der Waals surface area contributed by atoms with E-state index >= 15 is 0 Å². The number of nitrogens with one attached hydrogen (secondary N) is 2. The van der Waals surface area contributed by atoms with E-state index in [2.05, 4.69) is 34.6 Å². The van der Waals surface area contributed by atoms with Crippen LogP contribution < -0.4 is 10.1 Å². The Bertz CT molecular complexity index is 808. The number of hydrogen-bond donors (Lipinski definition) is 2. The van der Waals surface area contributed by atoms with Crippen LogP contribution in [0.4, 0.5) is 5.82 Å². The van der Waals surface area contributed by atoms with Gasteiger partial charge >= 0.3 is 0 Å². The monoisotopic (exact) mass is 452 g/mol. The van der Waals surface area contributed by atoms with E-state index in [1.165, 1.54) is 83.5 Å². The standard InChI is InChI=1S/C28H44N4O/c1-3-4-5-6-7-8-9-10-11-12-13-14-15-18-21-33-27-20-17-16-19-25(27)23-30-28-26(22-29)24(2)31-32-28/h16-17,19-20H,3-15,18,21,23H2,1-2H3,(H2,30,31,32). The van der Waals surface area contributed by atoms with Crippen LogP contribution in [0, 0.1) is 18.3 Å². The van der Waals surface area contributed by atoms with E-state index in [9.17, 15) is 5.26 Å². The number of anilines is 1. The van der Waals surface area contributed by atoms with Crippen LogP contribution >= 0.6 is 0 Å². The molecule has 2 N–H and O–H groups in total. The number of ether oxygens (including phenoxy) is 1. The number of aromatic nitrogens is 2. The van der Waals surface area contributed by atoms with Crippen molar-refractivity contribution in [3.63, 3.8) is 0 Å². The van der Waals surface area contributed by atoms with Crippen molar-refractivity contribution in [1.29, 1.82) is 5.26 Å². The zero-order valence-electron chi connectivity index (χ0n) is 20.9. The molecular formula is C28H44N4O. The number of aromatic amines is 1. The maximum Gasteiger partial charge on any atom is 0.166 e. The first kappa shape index (κ1) is 26.8. The lowest BCUT2D eigenvalue weighted by Gasteiger charge is -2.12.